The molecule has 0 bridgehead atoms. The molecule has 6 nitrogen and oxygen atoms in total. The van der Waals surface area contributed by atoms with Crippen LogP contribution in [0.25, 0.3) is 0 Å². The standard InChI is InChI=1S/C12H21N3O3.ClH/c1-18-9-12(2-4-13-5-3-12)11(17)15-7-6-14-10(16)8-15;/h13H,2-9H2,1H3,(H,14,16);1H. The molecule has 0 aromatic rings. The van der Waals surface area contributed by atoms with E-state index in [1.54, 1.807) is 12.0 Å². The molecule has 2 N–H and O–H groups in total. The molecule has 0 saturated carbocycles. The molecule has 0 spiro atoms. The molecule has 0 atom stereocenters. The summed E-state index contributed by atoms with van der Waals surface area (Å²) in [5.41, 5.74) is -0.447. The van der Waals surface area contributed by atoms with Crippen LogP contribution in [0, 0.1) is 5.41 Å². The average Bonchev–Trinajstić information content (AvgIpc) is 2.39. The molecule has 110 valence electrons. The summed E-state index contributed by atoms with van der Waals surface area (Å²) in [6.45, 7) is 3.42. The molecule has 7 heteroatoms. The molecule has 0 aliphatic carbocycles. The molecular weight excluding hydrogens is 270 g/mol. The van der Waals surface area contributed by atoms with E-state index in [1.165, 1.54) is 0 Å². The van der Waals surface area contributed by atoms with Gasteiger partial charge in [0.2, 0.25) is 11.8 Å². The minimum Gasteiger partial charge on any atom is -0.384 e. The normalized spacial score (nSPS) is 22.4. The van der Waals surface area contributed by atoms with Crippen molar-refractivity contribution in [3.63, 3.8) is 0 Å². The summed E-state index contributed by atoms with van der Waals surface area (Å²) < 4.78 is 5.25. The fourth-order valence-electron chi connectivity index (χ4n) is 2.75. The second-order valence-electron chi connectivity index (χ2n) is 5.04. The summed E-state index contributed by atoms with van der Waals surface area (Å²) in [6.07, 6.45) is 1.55. The Morgan fingerprint density at radius 3 is 2.63 bits per heavy atom. The molecule has 2 heterocycles. The minimum absolute atomic E-state index is 0. The maximum Gasteiger partial charge on any atom is 0.239 e. The number of methoxy groups -OCH3 is 1. The molecule has 2 rings (SSSR count). The van der Waals surface area contributed by atoms with Crippen LogP contribution in [0.1, 0.15) is 12.8 Å². The molecular formula is C12H22ClN3O3. The van der Waals surface area contributed by atoms with Crippen molar-refractivity contribution in [2.24, 2.45) is 5.41 Å². The Morgan fingerprint density at radius 2 is 2.05 bits per heavy atom. The van der Waals surface area contributed by atoms with Gasteiger partial charge in [0.1, 0.15) is 0 Å². The summed E-state index contributed by atoms with van der Waals surface area (Å²) >= 11 is 0. The zero-order valence-electron chi connectivity index (χ0n) is 11.2. The minimum atomic E-state index is -0.447. The lowest BCUT2D eigenvalue weighted by atomic mass is 9.78. The van der Waals surface area contributed by atoms with Crippen molar-refractivity contribution in [3.05, 3.63) is 0 Å². The van der Waals surface area contributed by atoms with Gasteiger partial charge in [-0.05, 0) is 25.9 Å². The lowest BCUT2D eigenvalue weighted by Crippen LogP contribution is -2.57. The number of piperidine rings is 1. The van der Waals surface area contributed by atoms with Crippen LogP contribution < -0.4 is 10.6 Å². The summed E-state index contributed by atoms with van der Waals surface area (Å²) in [7, 11) is 1.62. The number of carbonyl (C=O) groups excluding carboxylic acids is 2. The highest BCUT2D eigenvalue weighted by molar-refractivity contribution is 5.89. The third-order valence-electron chi connectivity index (χ3n) is 3.76. The van der Waals surface area contributed by atoms with Crippen molar-refractivity contribution in [1.82, 2.24) is 15.5 Å². The van der Waals surface area contributed by atoms with E-state index in [2.05, 4.69) is 10.6 Å². The molecule has 0 aromatic heterocycles. The van der Waals surface area contributed by atoms with Gasteiger partial charge in [-0.1, -0.05) is 0 Å². The van der Waals surface area contributed by atoms with Gasteiger partial charge in [0.25, 0.3) is 0 Å². The van der Waals surface area contributed by atoms with Crippen molar-refractivity contribution >= 4 is 24.2 Å². The van der Waals surface area contributed by atoms with Gasteiger partial charge >= 0.3 is 0 Å². The number of piperazine rings is 1. The Labute approximate surface area is 119 Å². The topological polar surface area (TPSA) is 70.7 Å². The van der Waals surface area contributed by atoms with Gasteiger partial charge in [-0.3, -0.25) is 9.59 Å². The predicted molar refractivity (Wildman–Crippen MR) is 73.3 cm³/mol. The monoisotopic (exact) mass is 291 g/mol. The number of nitrogens with zero attached hydrogens (tertiary/aromatic N) is 1. The number of halogens is 1. The van der Waals surface area contributed by atoms with E-state index in [0.29, 0.717) is 19.7 Å². The second-order valence-corrected chi connectivity index (χ2v) is 5.04. The van der Waals surface area contributed by atoms with E-state index in [1.807, 2.05) is 0 Å². The maximum absolute atomic E-state index is 12.6. The Balaban J connectivity index is 0.00000180. The van der Waals surface area contributed by atoms with Crippen LogP contribution in [-0.2, 0) is 14.3 Å². The first-order valence-electron chi connectivity index (χ1n) is 6.44. The first-order chi connectivity index (χ1) is 8.68. The third kappa shape index (κ3) is 3.58. The smallest absolute Gasteiger partial charge is 0.239 e. The van der Waals surface area contributed by atoms with Gasteiger partial charge in [-0.25, -0.2) is 0 Å². The van der Waals surface area contributed by atoms with Gasteiger partial charge in [0, 0.05) is 20.2 Å². The van der Waals surface area contributed by atoms with E-state index >= 15 is 0 Å². The number of ether oxygens (including phenoxy) is 1. The number of amides is 2. The van der Waals surface area contributed by atoms with E-state index in [9.17, 15) is 9.59 Å². The second kappa shape index (κ2) is 7.07. The van der Waals surface area contributed by atoms with E-state index in [-0.39, 0.29) is 30.8 Å². The van der Waals surface area contributed by atoms with Crippen molar-refractivity contribution in [2.45, 2.75) is 12.8 Å². The molecule has 19 heavy (non-hydrogen) atoms. The van der Waals surface area contributed by atoms with Crippen LogP contribution in [0.15, 0.2) is 0 Å². The largest absolute Gasteiger partial charge is 0.384 e. The predicted octanol–water partition coefficient (Wildman–Crippen LogP) is -0.617. The zero-order chi connectivity index (χ0) is 13.0. The maximum atomic E-state index is 12.6. The van der Waals surface area contributed by atoms with Gasteiger partial charge < -0.3 is 20.3 Å². The van der Waals surface area contributed by atoms with Crippen molar-refractivity contribution < 1.29 is 14.3 Å². The van der Waals surface area contributed by atoms with Crippen LogP contribution in [0.3, 0.4) is 0 Å². The number of carbonyl (C=O) groups is 2. The highest BCUT2D eigenvalue weighted by atomic mass is 35.5. The fraction of sp³-hybridized carbons (Fsp3) is 0.833. The molecule has 2 aliphatic rings. The molecule has 0 aromatic carbocycles. The SMILES string of the molecule is COCC1(C(=O)N2CCNC(=O)C2)CCNCC1.Cl. The fourth-order valence-corrected chi connectivity index (χ4v) is 2.75. The van der Waals surface area contributed by atoms with Crippen LogP contribution in [0.4, 0.5) is 0 Å². The molecule has 2 saturated heterocycles. The highest BCUT2D eigenvalue weighted by Gasteiger charge is 2.43. The van der Waals surface area contributed by atoms with E-state index < -0.39 is 5.41 Å². The Hall–Kier alpha value is -0.850. The number of rotatable bonds is 3. The Bertz CT molecular complexity index is 327. The first kappa shape index (κ1) is 16.2. The summed E-state index contributed by atoms with van der Waals surface area (Å²) in [6, 6.07) is 0. The number of hydrogen-bond acceptors (Lipinski definition) is 4. The van der Waals surface area contributed by atoms with Gasteiger partial charge in [0.15, 0.2) is 0 Å². The van der Waals surface area contributed by atoms with Crippen molar-refractivity contribution in [1.29, 1.82) is 0 Å². The third-order valence-corrected chi connectivity index (χ3v) is 3.76. The molecule has 0 unspecified atom stereocenters. The summed E-state index contributed by atoms with van der Waals surface area (Å²) in [5.74, 6) is -0.00296. The number of nitrogens with one attached hydrogen (secondary N) is 2. The molecule has 2 amide bonds. The molecule has 2 fully saturated rings. The van der Waals surface area contributed by atoms with Crippen LogP contribution >= 0.6 is 12.4 Å². The summed E-state index contributed by atoms with van der Waals surface area (Å²) in [5, 5.41) is 6.00. The van der Waals surface area contributed by atoms with E-state index in [0.717, 1.165) is 25.9 Å². The first-order valence-corrected chi connectivity index (χ1v) is 6.44. The lowest BCUT2D eigenvalue weighted by molar-refractivity contribution is -0.151. The van der Waals surface area contributed by atoms with Crippen molar-refractivity contribution in [2.75, 3.05) is 46.4 Å². The zero-order valence-corrected chi connectivity index (χ0v) is 12.1. The van der Waals surface area contributed by atoms with Crippen LogP contribution in [-0.4, -0.2) is 63.2 Å². The Kier molecular flexibility index (Phi) is 6.03. The van der Waals surface area contributed by atoms with Gasteiger partial charge in [0.05, 0.1) is 18.6 Å². The molecule has 2 aliphatic heterocycles. The Morgan fingerprint density at radius 1 is 1.37 bits per heavy atom. The summed E-state index contributed by atoms with van der Waals surface area (Å²) in [4.78, 5) is 25.7. The molecule has 0 radical (unpaired) electrons. The highest BCUT2D eigenvalue weighted by Crippen LogP contribution is 2.31. The van der Waals surface area contributed by atoms with E-state index in [4.69, 9.17) is 4.74 Å². The average molecular weight is 292 g/mol. The van der Waals surface area contributed by atoms with Gasteiger partial charge in [-0.15, -0.1) is 12.4 Å². The van der Waals surface area contributed by atoms with Crippen LogP contribution in [0.2, 0.25) is 0 Å². The quantitative estimate of drug-likeness (QED) is 0.727. The van der Waals surface area contributed by atoms with Crippen molar-refractivity contribution in [3.8, 4) is 0 Å². The van der Waals surface area contributed by atoms with Gasteiger partial charge in [-0.2, -0.15) is 0 Å². The number of hydrogen-bond donors (Lipinski definition) is 2. The van der Waals surface area contributed by atoms with Crippen LogP contribution in [0.5, 0.6) is 0 Å². The lowest BCUT2D eigenvalue weighted by Gasteiger charge is -2.40.